The highest BCUT2D eigenvalue weighted by atomic mass is 32.2. The summed E-state index contributed by atoms with van der Waals surface area (Å²) in [6.45, 7) is 0. The number of sulfone groups is 1. The van der Waals surface area contributed by atoms with Gasteiger partial charge in [0.05, 0.1) is 14.7 Å². The van der Waals surface area contributed by atoms with E-state index in [1.807, 2.05) is 12.1 Å². The van der Waals surface area contributed by atoms with Gasteiger partial charge in [-0.25, -0.2) is 8.42 Å². The summed E-state index contributed by atoms with van der Waals surface area (Å²) in [5, 5.41) is 0. The predicted molar refractivity (Wildman–Crippen MR) is 98.7 cm³/mol. The summed E-state index contributed by atoms with van der Waals surface area (Å²) in [4.78, 5) is 6.64. The van der Waals surface area contributed by atoms with Crippen molar-refractivity contribution in [2.24, 2.45) is 0 Å². The molecule has 3 aromatic carbocycles. The topological polar surface area (TPSA) is 34.1 Å². The maximum atomic E-state index is 11.7. The molecular weight excluding hydrogens is 356 g/mol. The van der Waals surface area contributed by atoms with Crippen LogP contribution in [0.5, 0.6) is 0 Å². The van der Waals surface area contributed by atoms with E-state index in [4.69, 9.17) is 0 Å². The van der Waals surface area contributed by atoms with E-state index in [-0.39, 0.29) is 10.9 Å². The van der Waals surface area contributed by atoms with E-state index in [9.17, 15) is 8.42 Å². The molecule has 3 aromatic rings. The summed E-state index contributed by atoms with van der Waals surface area (Å²) in [7, 11) is -3.38. The van der Waals surface area contributed by atoms with Crippen LogP contribution in [0.1, 0.15) is 0 Å². The van der Waals surface area contributed by atoms with Crippen LogP contribution < -0.4 is 0 Å². The van der Waals surface area contributed by atoms with Gasteiger partial charge in [-0.2, -0.15) is 0 Å². The summed E-state index contributed by atoms with van der Waals surface area (Å²) < 4.78 is 23.4. The molecule has 4 rings (SSSR count). The Kier molecular flexibility index (Phi) is 3.95. The van der Waals surface area contributed by atoms with Crippen LogP contribution in [0, 0.1) is 0 Å². The molecule has 0 saturated heterocycles. The van der Waals surface area contributed by atoms with E-state index in [1.165, 1.54) is 25.8 Å². The molecule has 1 aliphatic rings. The summed E-state index contributed by atoms with van der Waals surface area (Å²) in [6, 6.07) is 24.2. The van der Waals surface area contributed by atoms with E-state index in [2.05, 4.69) is 48.5 Å². The van der Waals surface area contributed by atoms with Gasteiger partial charge in [-0.05, 0) is 48.5 Å². The molecule has 1 heterocycles. The van der Waals surface area contributed by atoms with Gasteiger partial charge in [0.2, 0.25) is 0 Å². The van der Waals surface area contributed by atoms with Crippen molar-refractivity contribution in [2.45, 2.75) is 29.4 Å². The average molecular weight is 372 g/mol. The van der Waals surface area contributed by atoms with Crippen LogP contribution in [-0.4, -0.2) is 14.7 Å². The third kappa shape index (κ3) is 2.77. The van der Waals surface area contributed by atoms with Crippen LogP contribution in [0.4, 0.5) is 0 Å². The van der Waals surface area contributed by atoms with Gasteiger partial charge < -0.3 is 0 Å². The lowest BCUT2D eigenvalue weighted by atomic mass is 10.3. The SMILES string of the molecule is CS(=O)(=O)c1ccc([S+]2c3ccccc3Sc3ccccc32)cc1. The Morgan fingerprint density at radius 1 is 0.750 bits per heavy atom. The zero-order valence-electron chi connectivity index (χ0n) is 13.0. The Morgan fingerprint density at radius 3 is 1.75 bits per heavy atom. The molecule has 0 atom stereocenters. The maximum absolute atomic E-state index is 11.7. The first-order valence-corrected chi connectivity index (χ1v) is 11.4. The molecule has 24 heavy (non-hydrogen) atoms. The first kappa shape index (κ1) is 15.8. The first-order valence-electron chi connectivity index (χ1n) is 7.44. The van der Waals surface area contributed by atoms with Gasteiger partial charge in [0, 0.05) is 6.26 Å². The van der Waals surface area contributed by atoms with Crippen LogP contribution in [0.3, 0.4) is 0 Å². The number of hydrogen-bond acceptors (Lipinski definition) is 3. The molecule has 0 aromatic heterocycles. The molecular formula is C19H15O2S3+. The Morgan fingerprint density at radius 2 is 1.25 bits per heavy atom. The normalized spacial score (nSPS) is 14.0. The fraction of sp³-hybridized carbons (Fsp3) is 0.0526. The third-order valence-corrected chi connectivity index (χ3v) is 8.72. The number of hydrogen-bond donors (Lipinski definition) is 0. The summed E-state index contributed by atoms with van der Waals surface area (Å²) in [6.07, 6.45) is 1.24. The highest BCUT2D eigenvalue weighted by Crippen LogP contribution is 2.47. The average Bonchev–Trinajstić information content (AvgIpc) is 2.59. The number of rotatable bonds is 2. The van der Waals surface area contributed by atoms with Gasteiger partial charge in [0.25, 0.3) is 0 Å². The van der Waals surface area contributed by atoms with Gasteiger partial charge >= 0.3 is 0 Å². The quantitative estimate of drug-likeness (QED) is 0.481. The van der Waals surface area contributed by atoms with Crippen LogP contribution >= 0.6 is 11.8 Å². The van der Waals surface area contributed by atoms with E-state index in [0.29, 0.717) is 4.90 Å². The molecule has 0 N–H and O–H groups in total. The van der Waals surface area contributed by atoms with Crippen LogP contribution in [0.2, 0.25) is 0 Å². The third-order valence-electron chi connectivity index (χ3n) is 3.85. The molecule has 0 aliphatic carbocycles. The number of fused-ring (bicyclic) bond motifs is 2. The summed E-state index contributed by atoms with van der Waals surface area (Å²) in [5.41, 5.74) is 0. The second-order valence-corrected chi connectivity index (χ2v) is 10.6. The van der Waals surface area contributed by atoms with E-state index in [0.717, 1.165) is 4.90 Å². The minimum absolute atomic E-state index is 0.209. The van der Waals surface area contributed by atoms with E-state index >= 15 is 0 Å². The fourth-order valence-corrected chi connectivity index (χ4v) is 7.09. The minimum Gasteiger partial charge on any atom is -0.224 e. The molecule has 0 radical (unpaired) electrons. The zero-order valence-corrected chi connectivity index (χ0v) is 15.4. The highest BCUT2D eigenvalue weighted by molar-refractivity contribution is 8.04. The van der Waals surface area contributed by atoms with E-state index in [1.54, 1.807) is 23.9 Å². The number of benzene rings is 3. The second kappa shape index (κ2) is 5.99. The van der Waals surface area contributed by atoms with Crippen molar-refractivity contribution in [3.05, 3.63) is 72.8 Å². The second-order valence-electron chi connectivity index (χ2n) is 5.55. The van der Waals surface area contributed by atoms with Crippen LogP contribution in [0.25, 0.3) is 0 Å². The summed E-state index contributed by atoms with van der Waals surface area (Å²) >= 11 is 1.80. The van der Waals surface area contributed by atoms with Gasteiger partial charge in [-0.1, -0.05) is 36.0 Å². The molecule has 0 bridgehead atoms. The highest BCUT2D eigenvalue weighted by Gasteiger charge is 2.37. The first-order chi connectivity index (χ1) is 11.5. The summed E-state index contributed by atoms with van der Waals surface area (Å²) in [5.74, 6) is 0. The van der Waals surface area contributed by atoms with Gasteiger partial charge in [0.15, 0.2) is 24.5 Å². The fourth-order valence-electron chi connectivity index (χ4n) is 2.72. The van der Waals surface area contributed by atoms with Gasteiger partial charge in [0.1, 0.15) is 10.9 Å². The van der Waals surface area contributed by atoms with Crippen molar-refractivity contribution in [1.29, 1.82) is 0 Å². The standard InChI is InChI=1S/C19H15O2S3/c1-24(20,21)15-12-10-14(11-13-15)23-18-8-4-2-6-16(18)22-17-7-3-5-9-19(17)23/h2-13H,1H3/q+1. The molecule has 0 fully saturated rings. The lowest BCUT2D eigenvalue weighted by Crippen LogP contribution is -2.11. The van der Waals surface area contributed by atoms with Crippen molar-refractivity contribution in [2.75, 3.05) is 6.26 Å². The Bertz CT molecular complexity index is 963. The van der Waals surface area contributed by atoms with Crippen molar-refractivity contribution < 1.29 is 8.42 Å². The molecule has 0 unspecified atom stereocenters. The molecule has 0 spiro atoms. The van der Waals surface area contributed by atoms with Crippen molar-refractivity contribution in [1.82, 2.24) is 0 Å². The van der Waals surface area contributed by atoms with Crippen molar-refractivity contribution in [3.63, 3.8) is 0 Å². The monoisotopic (exact) mass is 371 g/mol. The molecule has 0 amide bonds. The lowest BCUT2D eigenvalue weighted by molar-refractivity contribution is 0.602. The molecule has 120 valence electrons. The molecule has 5 heteroatoms. The van der Waals surface area contributed by atoms with E-state index < -0.39 is 9.84 Å². The van der Waals surface area contributed by atoms with Gasteiger partial charge in [-0.15, -0.1) is 0 Å². The minimum atomic E-state index is -3.17. The largest absolute Gasteiger partial charge is 0.224 e. The van der Waals surface area contributed by atoms with Crippen molar-refractivity contribution >= 4 is 32.5 Å². The Labute approximate surface area is 149 Å². The lowest BCUT2D eigenvalue weighted by Gasteiger charge is -2.18. The van der Waals surface area contributed by atoms with Crippen LogP contribution in [0.15, 0.2) is 102 Å². The van der Waals surface area contributed by atoms with Crippen LogP contribution in [-0.2, 0) is 20.7 Å². The molecule has 0 saturated carbocycles. The van der Waals surface area contributed by atoms with Crippen molar-refractivity contribution in [3.8, 4) is 0 Å². The van der Waals surface area contributed by atoms with Gasteiger partial charge in [-0.3, -0.25) is 0 Å². The molecule has 1 aliphatic heterocycles. The Balaban J connectivity index is 1.89. The smallest absolute Gasteiger partial charge is 0.180 e. The molecule has 2 nitrogen and oxygen atoms in total. The predicted octanol–water partition coefficient (Wildman–Crippen LogP) is 4.65. The maximum Gasteiger partial charge on any atom is 0.180 e. The Hall–Kier alpha value is -1.69. The zero-order chi connectivity index (χ0) is 16.7.